The van der Waals surface area contributed by atoms with Crippen molar-refractivity contribution in [1.29, 1.82) is 0 Å². The molecule has 140 valence electrons. The SMILES string of the molecule is CCCCCCC(C)(C)OC(=O)C/C(=C/C(C)C)CNC(=O)CN. The lowest BCUT2D eigenvalue weighted by Gasteiger charge is -2.25. The molecule has 5 heteroatoms. The number of rotatable bonds is 12. The van der Waals surface area contributed by atoms with Gasteiger partial charge in [-0.25, -0.2) is 0 Å². The van der Waals surface area contributed by atoms with Crippen molar-refractivity contribution >= 4 is 11.9 Å². The van der Waals surface area contributed by atoms with E-state index in [4.69, 9.17) is 10.5 Å². The fraction of sp³-hybridized carbons (Fsp3) is 0.789. The third kappa shape index (κ3) is 12.1. The number of esters is 1. The van der Waals surface area contributed by atoms with E-state index < -0.39 is 5.60 Å². The monoisotopic (exact) mass is 340 g/mol. The first-order valence-corrected chi connectivity index (χ1v) is 9.08. The summed E-state index contributed by atoms with van der Waals surface area (Å²) < 4.78 is 5.65. The van der Waals surface area contributed by atoms with Gasteiger partial charge in [0.05, 0.1) is 13.0 Å². The van der Waals surface area contributed by atoms with Gasteiger partial charge in [-0.2, -0.15) is 0 Å². The average molecular weight is 341 g/mol. The van der Waals surface area contributed by atoms with Gasteiger partial charge in [0.1, 0.15) is 5.60 Å². The maximum absolute atomic E-state index is 12.3. The largest absolute Gasteiger partial charge is 0.459 e. The highest BCUT2D eigenvalue weighted by Gasteiger charge is 2.23. The maximum Gasteiger partial charge on any atom is 0.310 e. The summed E-state index contributed by atoms with van der Waals surface area (Å²) in [5, 5.41) is 2.71. The molecule has 5 nitrogen and oxygen atoms in total. The van der Waals surface area contributed by atoms with Gasteiger partial charge in [0.25, 0.3) is 0 Å². The van der Waals surface area contributed by atoms with Gasteiger partial charge < -0.3 is 15.8 Å². The zero-order chi connectivity index (χ0) is 18.6. The zero-order valence-corrected chi connectivity index (χ0v) is 16.1. The Morgan fingerprint density at radius 3 is 2.42 bits per heavy atom. The number of nitrogens with two attached hydrogens (primary N) is 1. The van der Waals surface area contributed by atoms with Gasteiger partial charge in [-0.05, 0) is 38.2 Å². The first-order chi connectivity index (χ1) is 11.2. The predicted octanol–water partition coefficient (Wildman–Crippen LogP) is 3.33. The van der Waals surface area contributed by atoms with Gasteiger partial charge in [0, 0.05) is 6.54 Å². The maximum atomic E-state index is 12.3. The molecule has 0 aliphatic rings. The Bertz CT molecular complexity index is 415. The van der Waals surface area contributed by atoms with Gasteiger partial charge in [-0.15, -0.1) is 0 Å². The molecule has 0 aromatic rings. The van der Waals surface area contributed by atoms with Crippen molar-refractivity contribution in [2.75, 3.05) is 13.1 Å². The molecule has 0 radical (unpaired) electrons. The van der Waals surface area contributed by atoms with Crippen LogP contribution in [-0.4, -0.2) is 30.6 Å². The molecule has 0 aliphatic carbocycles. The lowest BCUT2D eigenvalue weighted by Crippen LogP contribution is -2.33. The molecule has 0 rings (SSSR count). The van der Waals surface area contributed by atoms with Crippen molar-refractivity contribution < 1.29 is 14.3 Å². The van der Waals surface area contributed by atoms with Crippen molar-refractivity contribution in [3.8, 4) is 0 Å². The van der Waals surface area contributed by atoms with E-state index >= 15 is 0 Å². The number of nitrogens with one attached hydrogen (secondary N) is 1. The van der Waals surface area contributed by atoms with Crippen LogP contribution in [0.25, 0.3) is 0 Å². The smallest absolute Gasteiger partial charge is 0.310 e. The summed E-state index contributed by atoms with van der Waals surface area (Å²) in [5.74, 6) is -0.178. The molecular formula is C19H36N2O3. The van der Waals surface area contributed by atoms with E-state index in [2.05, 4.69) is 12.2 Å². The van der Waals surface area contributed by atoms with Crippen LogP contribution in [0, 0.1) is 5.92 Å². The van der Waals surface area contributed by atoms with Crippen molar-refractivity contribution in [2.24, 2.45) is 11.7 Å². The zero-order valence-electron chi connectivity index (χ0n) is 16.1. The third-order valence-corrected chi connectivity index (χ3v) is 3.66. The van der Waals surface area contributed by atoms with Crippen LogP contribution in [0.2, 0.25) is 0 Å². The van der Waals surface area contributed by atoms with Crippen LogP contribution in [-0.2, 0) is 14.3 Å². The quantitative estimate of drug-likeness (QED) is 0.324. The minimum Gasteiger partial charge on any atom is -0.459 e. The lowest BCUT2D eigenvalue weighted by atomic mass is 9.99. The van der Waals surface area contributed by atoms with E-state index in [0.717, 1.165) is 18.4 Å². The Balaban J connectivity index is 4.50. The minimum atomic E-state index is -0.450. The van der Waals surface area contributed by atoms with Crippen molar-refractivity contribution in [1.82, 2.24) is 5.32 Å². The summed E-state index contributed by atoms with van der Waals surface area (Å²) in [4.78, 5) is 23.6. The first kappa shape index (κ1) is 22.6. The van der Waals surface area contributed by atoms with Gasteiger partial charge in [-0.1, -0.05) is 46.1 Å². The standard InChI is InChI=1S/C19H36N2O3/c1-6-7-8-9-10-19(4,5)24-18(23)12-16(11-15(2)3)14-21-17(22)13-20/h11,15H,6-10,12-14,20H2,1-5H3,(H,21,22)/b16-11-. The molecular weight excluding hydrogens is 304 g/mol. The number of amides is 1. The summed E-state index contributed by atoms with van der Waals surface area (Å²) in [6.45, 7) is 10.4. The number of allylic oxidation sites excluding steroid dienone is 1. The molecule has 0 unspecified atom stereocenters. The molecule has 24 heavy (non-hydrogen) atoms. The summed E-state index contributed by atoms with van der Waals surface area (Å²) in [6.07, 6.45) is 7.69. The Morgan fingerprint density at radius 2 is 1.88 bits per heavy atom. The normalized spacial score (nSPS) is 12.4. The second-order valence-electron chi connectivity index (χ2n) is 7.27. The minimum absolute atomic E-state index is 0.0514. The van der Waals surface area contributed by atoms with E-state index in [0.29, 0.717) is 12.5 Å². The Hall–Kier alpha value is -1.36. The molecule has 0 saturated heterocycles. The number of ether oxygens (including phenoxy) is 1. The van der Waals surface area contributed by atoms with Crippen molar-refractivity contribution in [2.45, 2.75) is 78.7 Å². The molecule has 0 aliphatic heterocycles. The van der Waals surface area contributed by atoms with Crippen LogP contribution in [0.15, 0.2) is 11.6 Å². The highest BCUT2D eigenvalue weighted by molar-refractivity contribution is 5.78. The molecule has 0 saturated carbocycles. The van der Waals surface area contributed by atoms with Crippen LogP contribution in [0.1, 0.15) is 73.1 Å². The molecule has 1 amide bonds. The average Bonchev–Trinajstić information content (AvgIpc) is 2.47. The number of hydrogen-bond acceptors (Lipinski definition) is 4. The second kappa shape index (κ2) is 12.1. The predicted molar refractivity (Wildman–Crippen MR) is 98.5 cm³/mol. The topological polar surface area (TPSA) is 81.4 Å². The van der Waals surface area contributed by atoms with E-state index in [1.807, 2.05) is 33.8 Å². The summed E-state index contributed by atoms with van der Waals surface area (Å²) in [7, 11) is 0. The van der Waals surface area contributed by atoms with Gasteiger partial charge >= 0.3 is 5.97 Å². The van der Waals surface area contributed by atoms with Gasteiger partial charge in [0.15, 0.2) is 0 Å². The first-order valence-electron chi connectivity index (χ1n) is 9.08. The van der Waals surface area contributed by atoms with Gasteiger partial charge in [-0.3, -0.25) is 9.59 Å². The van der Waals surface area contributed by atoms with E-state index in [-0.39, 0.29) is 24.8 Å². The van der Waals surface area contributed by atoms with Crippen molar-refractivity contribution in [3.05, 3.63) is 11.6 Å². The van der Waals surface area contributed by atoms with Crippen molar-refractivity contribution in [3.63, 3.8) is 0 Å². The molecule has 0 aromatic carbocycles. The fourth-order valence-corrected chi connectivity index (χ4v) is 2.49. The van der Waals surface area contributed by atoms with Crippen LogP contribution < -0.4 is 11.1 Å². The summed E-state index contributed by atoms with van der Waals surface area (Å²) in [6, 6.07) is 0. The number of carbonyl (C=O) groups excluding carboxylic acids is 2. The molecule has 0 heterocycles. The Kier molecular flexibility index (Phi) is 11.4. The molecule has 0 fully saturated rings. The van der Waals surface area contributed by atoms with E-state index in [9.17, 15) is 9.59 Å². The molecule has 3 N–H and O–H groups in total. The third-order valence-electron chi connectivity index (χ3n) is 3.66. The van der Waals surface area contributed by atoms with Crippen LogP contribution in [0.5, 0.6) is 0 Å². The van der Waals surface area contributed by atoms with Crippen LogP contribution in [0.3, 0.4) is 0 Å². The van der Waals surface area contributed by atoms with Crippen LogP contribution >= 0.6 is 0 Å². The second-order valence-corrected chi connectivity index (χ2v) is 7.27. The lowest BCUT2D eigenvalue weighted by molar-refractivity contribution is -0.156. The Morgan fingerprint density at radius 1 is 1.21 bits per heavy atom. The Labute approximate surface area is 147 Å². The molecule has 0 aromatic heterocycles. The van der Waals surface area contributed by atoms with E-state index in [1.165, 1.54) is 19.3 Å². The van der Waals surface area contributed by atoms with Gasteiger partial charge in [0.2, 0.25) is 5.91 Å². The van der Waals surface area contributed by atoms with E-state index in [1.54, 1.807) is 0 Å². The number of hydrogen-bond donors (Lipinski definition) is 2. The molecule has 0 bridgehead atoms. The number of carbonyl (C=O) groups is 2. The highest BCUT2D eigenvalue weighted by atomic mass is 16.6. The molecule has 0 atom stereocenters. The fourth-order valence-electron chi connectivity index (χ4n) is 2.49. The van der Waals surface area contributed by atoms with Crippen LogP contribution in [0.4, 0.5) is 0 Å². The highest BCUT2D eigenvalue weighted by Crippen LogP contribution is 2.21. The number of unbranched alkanes of at least 4 members (excludes halogenated alkanes) is 3. The summed E-state index contributed by atoms with van der Waals surface area (Å²) >= 11 is 0. The summed E-state index contributed by atoms with van der Waals surface area (Å²) in [5.41, 5.74) is 5.70. The molecule has 0 spiro atoms.